The second-order valence-corrected chi connectivity index (χ2v) is 8.41. The van der Waals surface area contributed by atoms with Crippen LogP contribution in [0.3, 0.4) is 0 Å². The molecular weight excluding hydrogens is 453 g/mol. The van der Waals surface area contributed by atoms with Crippen LogP contribution in [0.4, 0.5) is 4.79 Å². The maximum atomic E-state index is 12.0. The first-order valence-corrected chi connectivity index (χ1v) is 9.27. The average molecular weight is 474 g/mol. The summed E-state index contributed by atoms with van der Waals surface area (Å²) in [6.07, 6.45) is -0.578. The first kappa shape index (κ1) is 20.0. The molecule has 1 atom stereocenters. The van der Waals surface area contributed by atoms with Gasteiger partial charge in [0.05, 0.1) is 6.54 Å². The van der Waals surface area contributed by atoms with Crippen LogP contribution in [0.1, 0.15) is 31.9 Å². The van der Waals surface area contributed by atoms with Gasteiger partial charge in [-0.1, -0.05) is 35.9 Å². The number of hydrogen-bond acceptors (Lipinski definition) is 3. The molecule has 0 aliphatic carbocycles. The van der Waals surface area contributed by atoms with E-state index in [0.29, 0.717) is 16.1 Å². The van der Waals surface area contributed by atoms with Crippen molar-refractivity contribution in [2.75, 3.05) is 6.54 Å². The fraction of sp³-hybridized carbons (Fsp3) is 0.316. The van der Waals surface area contributed by atoms with E-state index in [1.165, 1.54) is 0 Å². The summed E-state index contributed by atoms with van der Waals surface area (Å²) >= 11 is 8.16. The van der Waals surface area contributed by atoms with Gasteiger partial charge in [-0.05, 0) is 78.8 Å². The number of halogens is 2. The van der Waals surface area contributed by atoms with Crippen LogP contribution in [0.25, 0.3) is 0 Å². The van der Waals surface area contributed by atoms with Crippen LogP contribution in [0.2, 0.25) is 5.02 Å². The topological polar surface area (TPSA) is 58.6 Å². The van der Waals surface area contributed by atoms with Crippen LogP contribution in [0.5, 0.6) is 0 Å². The Bertz CT molecular complexity index is 678. The summed E-state index contributed by atoms with van der Waals surface area (Å²) in [6.45, 7) is 5.34. The largest absolute Gasteiger partial charge is 0.444 e. The Labute approximate surface area is 166 Å². The molecule has 6 heteroatoms. The lowest BCUT2D eigenvalue weighted by molar-refractivity contribution is 0.0393. The fourth-order valence-electron chi connectivity index (χ4n) is 2.34. The minimum atomic E-state index is -1.40. The van der Waals surface area contributed by atoms with Crippen molar-refractivity contribution in [2.45, 2.75) is 32.0 Å². The van der Waals surface area contributed by atoms with Gasteiger partial charge in [-0.15, -0.1) is 0 Å². The molecule has 0 aromatic heterocycles. The van der Waals surface area contributed by atoms with E-state index in [1.54, 1.807) is 45.0 Å². The van der Waals surface area contributed by atoms with Crippen LogP contribution >= 0.6 is 34.2 Å². The molecule has 134 valence electrons. The fourth-order valence-corrected chi connectivity index (χ4v) is 2.82. The normalized spacial score (nSPS) is 13.8. The van der Waals surface area contributed by atoms with E-state index in [9.17, 15) is 9.90 Å². The standard InChI is InChI=1S/C19H21ClINO3/c1-18(2,3)25-17(23)22-12-19(24,13-4-8-15(20)9-5-13)14-6-10-16(21)11-7-14/h4-11,24H,12H2,1-3H3,(H,22,23). The molecule has 2 rings (SSSR count). The predicted molar refractivity (Wildman–Crippen MR) is 108 cm³/mol. The van der Waals surface area contributed by atoms with E-state index in [0.717, 1.165) is 3.57 Å². The monoisotopic (exact) mass is 473 g/mol. The van der Waals surface area contributed by atoms with Gasteiger partial charge in [0, 0.05) is 8.59 Å². The maximum absolute atomic E-state index is 12.0. The Morgan fingerprint density at radius 2 is 1.56 bits per heavy atom. The number of alkyl carbamates (subject to hydrolysis) is 1. The molecule has 25 heavy (non-hydrogen) atoms. The van der Waals surface area contributed by atoms with Gasteiger partial charge in [0.15, 0.2) is 0 Å². The SMILES string of the molecule is CC(C)(C)OC(=O)NCC(O)(c1ccc(Cl)cc1)c1ccc(I)cc1. The van der Waals surface area contributed by atoms with E-state index in [4.69, 9.17) is 16.3 Å². The van der Waals surface area contributed by atoms with E-state index >= 15 is 0 Å². The average Bonchev–Trinajstić information content (AvgIpc) is 2.52. The number of carbonyl (C=O) groups excluding carboxylic acids is 1. The van der Waals surface area contributed by atoms with Crippen molar-refractivity contribution >= 4 is 40.3 Å². The van der Waals surface area contributed by atoms with Gasteiger partial charge in [0.2, 0.25) is 0 Å². The summed E-state index contributed by atoms with van der Waals surface area (Å²) in [5, 5.41) is 14.6. The summed E-state index contributed by atoms with van der Waals surface area (Å²) in [5.74, 6) is 0. The lowest BCUT2D eigenvalue weighted by Gasteiger charge is -2.30. The van der Waals surface area contributed by atoms with Gasteiger partial charge in [-0.2, -0.15) is 0 Å². The number of benzene rings is 2. The summed E-state index contributed by atoms with van der Waals surface area (Å²) in [7, 11) is 0. The third-order valence-electron chi connectivity index (χ3n) is 3.53. The Morgan fingerprint density at radius 1 is 1.08 bits per heavy atom. The third kappa shape index (κ3) is 5.59. The highest BCUT2D eigenvalue weighted by molar-refractivity contribution is 14.1. The van der Waals surface area contributed by atoms with Crippen molar-refractivity contribution in [3.8, 4) is 0 Å². The highest BCUT2D eigenvalue weighted by Crippen LogP contribution is 2.30. The second-order valence-electron chi connectivity index (χ2n) is 6.73. The van der Waals surface area contributed by atoms with E-state index in [2.05, 4.69) is 27.9 Å². The van der Waals surface area contributed by atoms with Crippen molar-refractivity contribution in [3.05, 3.63) is 68.3 Å². The Balaban J connectivity index is 2.30. The van der Waals surface area contributed by atoms with Crippen LogP contribution in [-0.4, -0.2) is 23.3 Å². The number of ether oxygens (including phenoxy) is 1. The molecule has 0 saturated heterocycles. The molecule has 0 fully saturated rings. The van der Waals surface area contributed by atoms with Gasteiger partial charge in [0.1, 0.15) is 11.2 Å². The molecule has 0 aliphatic rings. The minimum Gasteiger partial charge on any atom is -0.444 e. The molecule has 0 saturated carbocycles. The molecule has 0 aliphatic heterocycles. The number of hydrogen-bond donors (Lipinski definition) is 2. The summed E-state index contributed by atoms with van der Waals surface area (Å²) in [4.78, 5) is 12.0. The van der Waals surface area contributed by atoms with E-state index < -0.39 is 17.3 Å². The maximum Gasteiger partial charge on any atom is 0.407 e. The van der Waals surface area contributed by atoms with Gasteiger partial charge < -0.3 is 15.2 Å². The molecule has 2 aromatic carbocycles. The molecule has 2 N–H and O–H groups in total. The number of aliphatic hydroxyl groups is 1. The molecule has 2 aromatic rings. The van der Waals surface area contributed by atoms with E-state index in [-0.39, 0.29) is 6.54 Å². The number of nitrogens with one attached hydrogen (secondary N) is 1. The van der Waals surface area contributed by atoms with Crippen LogP contribution < -0.4 is 5.32 Å². The van der Waals surface area contributed by atoms with Crippen molar-refractivity contribution < 1.29 is 14.6 Å². The predicted octanol–water partition coefficient (Wildman–Crippen LogP) is 4.71. The van der Waals surface area contributed by atoms with Gasteiger partial charge in [0.25, 0.3) is 0 Å². The lowest BCUT2D eigenvalue weighted by Crippen LogP contribution is -2.43. The van der Waals surface area contributed by atoms with Gasteiger partial charge in [-0.3, -0.25) is 0 Å². The van der Waals surface area contributed by atoms with Crippen LogP contribution in [-0.2, 0) is 10.3 Å². The third-order valence-corrected chi connectivity index (χ3v) is 4.50. The van der Waals surface area contributed by atoms with Crippen LogP contribution in [0, 0.1) is 3.57 Å². The molecule has 4 nitrogen and oxygen atoms in total. The molecule has 1 amide bonds. The van der Waals surface area contributed by atoms with E-state index in [1.807, 2.05) is 24.3 Å². The summed E-state index contributed by atoms with van der Waals surface area (Å²) in [5.41, 5.74) is -0.697. The summed E-state index contributed by atoms with van der Waals surface area (Å²) < 4.78 is 6.32. The zero-order chi connectivity index (χ0) is 18.7. The minimum absolute atomic E-state index is 0.0237. The van der Waals surface area contributed by atoms with Crippen molar-refractivity contribution in [1.29, 1.82) is 0 Å². The van der Waals surface area contributed by atoms with Crippen LogP contribution in [0.15, 0.2) is 48.5 Å². The lowest BCUT2D eigenvalue weighted by atomic mass is 9.86. The molecule has 0 heterocycles. The van der Waals surface area contributed by atoms with Crippen molar-refractivity contribution in [3.63, 3.8) is 0 Å². The smallest absolute Gasteiger partial charge is 0.407 e. The van der Waals surface area contributed by atoms with Crippen molar-refractivity contribution in [1.82, 2.24) is 5.32 Å². The Kier molecular flexibility index (Phi) is 6.35. The van der Waals surface area contributed by atoms with Gasteiger partial charge >= 0.3 is 6.09 Å². The van der Waals surface area contributed by atoms with Crippen molar-refractivity contribution in [2.24, 2.45) is 0 Å². The Hall–Kier alpha value is -1.31. The Morgan fingerprint density at radius 3 is 2.04 bits per heavy atom. The zero-order valence-electron chi connectivity index (χ0n) is 14.3. The number of rotatable bonds is 4. The van der Waals surface area contributed by atoms with Gasteiger partial charge in [-0.25, -0.2) is 4.79 Å². The molecule has 0 bridgehead atoms. The highest BCUT2D eigenvalue weighted by atomic mass is 127. The second kappa shape index (κ2) is 7.93. The summed E-state index contributed by atoms with van der Waals surface area (Å²) in [6, 6.07) is 14.4. The molecule has 1 unspecified atom stereocenters. The first-order chi connectivity index (χ1) is 11.6. The highest BCUT2D eigenvalue weighted by Gasteiger charge is 2.33. The number of carbonyl (C=O) groups is 1. The number of amides is 1. The molecular formula is C19H21ClINO3. The quantitative estimate of drug-likeness (QED) is 0.633. The molecule has 0 spiro atoms. The molecule has 0 radical (unpaired) electrons. The first-order valence-electron chi connectivity index (χ1n) is 7.81. The zero-order valence-corrected chi connectivity index (χ0v) is 17.3.